The fourth-order valence-corrected chi connectivity index (χ4v) is 5.65. The van der Waals surface area contributed by atoms with Crippen LogP contribution in [0.15, 0.2) is 67.0 Å². The van der Waals surface area contributed by atoms with Gasteiger partial charge in [-0.25, -0.2) is 9.18 Å². The second-order valence-electron chi connectivity index (χ2n) is 9.42. The van der Waals surface area contributed by atoms with Crippen LogP contribution in [0.2, 0.25) is 0 Å². The number of fused-ring (bicyclic) bond motifs is 2. The van der Waals surface area contributed by atoms with E-state index in [1.807, 2.05) is 37.4 Å². The van der Waals surface area contributed by atoms with Crippen molar-refractivity contribution in [3.05, 3.63) is 89.8 Å². The van der Waals surface area contributed by atoms with Gasteiger partial charge in [-0.3, -0.25) is 9.97 Å². The zero-order valence-electron chi connectivity index (χ0n) is 19.9. The smallest absolute Gasteiger partial charge is 0.407 e. The standard InChI is InChI=1S/C29H30FN3O2/c1-2-35-29(34)33-25-11-12-26-22(17-25)15-20-6-4-14-31-28(20)27(26)13-10-24-9-8-21(18-32-24)19-5-3-7-23(30)16-19/h3-10,13-14,16,18,22,25-27H,2,11-12,15,17H2,1H3,(H,33,34)/b13-10+/t22-,25-,26-,27+/m1/s1. The molecule has 5 rings (SSSR count). The minimum Gasteiger partial charge on any atom is -0.450 e. The Kier molecular flexibility index (Phi) is 6.89. The highest BCUT2D eigenvalue weighted by molar-refractivity contribution is 5.67. The molecule has 1 N–H and O–H groups in total. The summed E-state index contributed by atoms with van der Waals surface area (Å²) in [5.41, 5.74) is 5.00. The summed E-state index contributed by atoms with van der Waals surface area (Å²) in [5.74, 6) is 0.903. The van der Waals surface area contributed by atoms with Crippen LogP contribution >= 0.6 is 0 Å². The predicted molar refractivity (Wildman–Crippen MR) is 134 cm³/mol. The van der Waals surface area contributed by atoms with Crippen molar-refractivity contribution in [3.63, 3.8) is 0 Å². The Balaban J connectivity index is 1.34. The van der Waals surface area contributed by atoms with E-state index in [0.29, 0.717) is 18.4 Å². The maximum Gasteiger partial charge on any atom is 0.407 e. The lowest BCUT2D eigenvalue weighted by Crippen LogP contribution is -2.44. The van der Waals surface area contributed by atoms with E-state index < -0.39 is 0 Å². The Morgan fingerprint density at radius 1 is 1.14 bits per heavy atom. The SMILES string of the molecule is CCOC(=O)N[C@@H]1CC[C@@H]2[C@H](Cc3cccnc3[C@H]2/C=C/c2ccc(-c3cccc(F)c3)cn2)C1. The van der Waals surface area contributed by atoms with Crippen molar-refractivity contribution in [2.24, 2.45) is 11.8 Å². The predicted octanol–water partition coefficient (Wildman–Crippen LogP) is 6.17. The number of benzene rings is 1. The topological polar surface area (TPSA) is 64.1 Å². The van der Waals surface area contributed by atoms with E-state index in [9.17, 15) is 9.18 Å². The lowest BCUT2D eigenvalue weighted by molar-refractivity contribution is 0.128. The second kappa shape index (κ2) is 10.4. The van der Waals surface area contributed by atoms with Gasteiger partial charge < -0.3 is 10.1 Å². The van der Waals surface area contributed by atoms with Gasteiger partial charge in [-0.05, 0) is 85.9 Å². The number of rotatable bonds is 5. The Labute approximate surface area is 205 Å². The summed E-state index contributed by atoms with van der Waals surface area (Å²) in [5, 5.41) is 3.04. The normalized spacial score (nSPS) is 23.4. The second-order valence-corrected chi connectivity index (χ2v) is 9.42. The molecule has 0 radical (unpaired) electrons. The number of halogens is 1. The van der Waals surface area contributed by atoms with Gasteiger partial charge in [0.1, 0.15) is 5.82 Å². The van der Waals surface area contributed by atoms with Crippen molar-refractivity contribution in [2.75, 3.05) is 6.61 Å². The molecule has 2 aromatic heterocycles. The van der Waals surface area contributed by atoms with Crippen molar-refractivity contribution in [2.45, 2.75) is 44.6 Å². The van der Waals surface area contributed by atoms with Crippen LogP contribution < -0.4 is 5.32 Å². The molecule has 6 heteroatoms. The number of carbonyl (C=O) groups excluding carboxylic acids is 1. The fourth-order valence-electron chi connectivity index (χ4n) is 5.65. The van der Waals surface area contributed by atoms with Gasteiger partial charge in [-0.2, -0.15) is 0 Å². The molecule has 0 spiro atoms. The highest BCUT2D eigenvalue weighted by Gasteiger charge is 2.40. The van der Waals surface area contributed by atoms with Gasteiger partial charge in [0.05, 0.1) is 18.0 Å². The highest BCUT2D eigenvalue weighted by atomic mass is 19.1. The Hall–Kier alpha value is -3.54. The monoisotopic (exact) mass is 471 g/mol. The van der Waals surface area contributed by atoms with Crippen molar-refractivity contribution in [3.8, 4) is 11.1 Å². The first-order chi connectivity index (χ1) is 17.1. The van der Waals surface area contributed by atoms with Crippen LogP contribution in [0.3, 0.4) is 0 Å². The lowest BCUT2D eigenvalue weighted by Gasteiger charge is -2.43. The molecule has 5 nitrogen and oxygen atoms in total. The van der Waals surface area contributed by atoms with Crippen molar-refractivity contribution >= 4 is 12.2 Å². The number of carbonyl (C=O) groups is 1. The summed E-state index contributed by atoms with van der Waals surface area (Å²) in [4.78, 5) is 21.3. The molecule has 0 saturated heterocycles. The van der Waals surface area contributed by atoms with Crippen LogP contribution in [0, 0.1) is 17.7 Å². The zero-order valence-corrected chi connectivity index (χ0v) is 19.9. The largest absolute Gasteiger partial charge is 0.450 e. The van der Waals surface area contributed by atoms with Crippen molar-refractivity contribution < 1.29 is 13.9 Å². The number of nitrogens with one attached hydrogen (secondary N) is 1. The Morgan fingerprint density at radius 3 is 2.86 bits per heavy atom. The number of ether oxygens (including phenoxy) is 1. The maximum absolute atomic E-state index is 13.6. The van der Waals surface area contributed by atoms with Gasteiger partial charge in [0, 0.05) is 29.9 Å². The third-order valence-electron chi connectivity index (χ3n) is 7.24. The molecule has 180 valence electrons. The molecular formula is C29H30FN3O2. The Bertz CT molecular complexity index is 1210. The molecule has 1 aromatic carbocycles. The molecule has 35 heavy (non-hydrogen) atoms. The molecule has 2 aliphatic rings. The average molecular weight is 472 g/mol. The number of aromatic nitrogens is 2. The summed E-state index contributed by atoms with van der Waals surface area (Å²) in [6.45, 7) is 2.20. The molecule has 3 aromatic rings. The molecule has 1 amide bonds. The Morgan fingerprint density at radius 2 is 2.06 bits per heavy atom. The van der Waals surface area contributed by atoms with E-state index in [-0.39, 0.29) is 23.9 Å². The summed E-state index contributed by atoms with van der Waals surface area (Å²) in [6.07, 6.45) is 11.6. The van der Waals surface area contributed by atoms with Gasteiger partial charge in [0.15, 0.2) is 0 Å². The minimum absolute atomic E-state index is 0.148. The van der Waals surface area contributed by atoms with Gasteiger partial charge >= 0.3 is 6.09 Å². The van der Waals surface area contributed by atoms with E-state index in [2.05, 4.69) is 28.5 Å². The number of alkyl carbamates (subject to hydrolysis) is 1. The first-order valence-electron chi connectivity index (χ1n) is 12.4. The molecule has 2 heterocycles. The molecule has 4 atom stereocenters. The lowest BCUT2D eigenvalue weighted by atomic mass is 9.63. The zero-order chi connectivity index (χ0) is 24.2. The first-order valence-corrected chi connectivity index (χ1v) is 12.4. The summed E-state index contributed by atoms with van der Waals surface area (Å²) < 4.78 is 18.7. The number of nitrogens with zero attached hydrogens (tertiary/aromatic N) is 2. The fraction of sp³-hybridized carbons (Fsp3) is 0.345. The number of pyridine rings is 2. The summed E-state index contributed by atoms with van der Waals surface area (Å²) >= 11 is 0. The van der Waals surface area contributed by atoms with Gasteiger partial charge in [0.2, 0.25) is 0 Å². The molecule has 0 unspecified atom stereocenters. The number of allylic oxidation sites excluding steroid dienone is 1. The van der Waals surface area contributed by atoms with Gasteiger partial charge in [0.25, 0.3) is 0 Å². The van der Waals surface area contributed by atoms with Gasteiger partial charge in [-0.15, -0.1) is 0 Å². The number of hydrogen-bond acceptors (Lipinski definition) is 4. The van der Waals surface area contributed by atoms with Crippen molar-refractivity contribution in [1.29, 1.82) is 0 Å². The van der Waals surface area contributed by atoms with Crippen molar-refractivity contribution in [1.82, 2.24) is 15.3 Å². The van der Waals surface area contributed by atoms with E-state index in [4.69, 9.17) is 9.72 Å². The quantitative estimate of drug-likeness (QED) is 0.484. The van der Waals surface area contributed by atoms with E-state index >= 15 is 0 Å². The van der Waals surface area contributed by atoms with E-state index in [1.165, 1.54) is 17.7 Å². The molecule has 0 aliphatic heterocycles. The van der Waals surface area contributed by atoms with Crippen LogP contribution in [0.4, 0.5) is 9.18 Å². The van der Waals surface area contributed by atoms with Crippen LogP contribution in [-0.4, -0.2) is 28.7 Å². The molecular weight excluding hydrogens is 441 g/mol. The van der Waals surface area contributed by atoms with E-state index in [1.54, 1.807) is 12.3 Å². The number of hydrogen-bond donors (Lipinski definition) is 1. The number of amides is 1. The molecule has 0 bridgehead atoms. The third kappa shape index (κ3) is 5.26. The highest BCUT2D eigenvalue weighted by Crippen LogP contribution is 2.47. The molecule has 1 saturated carbocycles. The van der Waals surface area contributed by atoms with Crippen LogP contribution in [0.25, 0.3) is 17.2 Å². The third-order valence-corrected chi connectivity index (χ3v) is 7.24. The van der Waals surface area contributed by atoms with Crippen LogP contribution in [0.1, 0.15) is 49.1 Å². The maximum atomic E-state index is 13.6. The average Bonchev–Trinajstić information content (AvgIpc) is 2.87. The first kappa shape index (κ1) is 23.2. The molecule has 2 aliphatic carbocycles. The van der Waals surface area contributed by atoms with Gasteiger partial charge in [-0.1, -0.05) is 30.3 Å². The summed E-state index contributed by atoms with van der Waals surface area (Å²) in [7, 11) is 0. The van der Waals surface area contributed by atoms with Crippen LogP contribution in [0.5, 0.6) is 0 Å². The minimum atomic E-state index is -0.321. The van der Waals surface area contributed by atoms with E-state index in [0.717, 1.165) is 48.2 Å². The summed E-state index contributed by atoms with van der Waals surface area (Å²) in [6, 6.07) is 14.8. The van der Waals surface area contributed by atoms with Crippen LogP contribution in [-0.2, 0) is 11.2 Å². The molecule has 1 fully saturated rings.